The summed E-state index contributed by atoms with van der Waals surface area (Å²) in [5, 5.41) is 4.61. The third kappa shape index (κ3) is 3.08. The summed E-state index contributed by atoms with van der Waals surface area (Å²) >= 11 is 6.10. The summed E-state index contributed by atoms with van der Waals surface area (Å²) in [7, 11) is 0. The Kier molecular flexibility index (Phi) is 3.78. The number of aryl methyl sites for hydroxylation is 1. The van der Waals surface area contributed by atoms with Crippen molar-refractivity contribution in [3.8, 4) is 0 Å². The highest BCUT2D eigenvalue weighted by molar-refractivity contribution is 6.69. The van der Waals surface area contributed by atoms with Gasteiger partial charge in [0.1, 0.15) is 0 Å². The molecule has 1 N–H and O–H groups in total. The number of anilines is 1. The molecular weight excluding hydrogens is 232 g/mol. The first-order chi connectivity index (χ1) is 8.27. The van der Waals surface area contributed by atoms with E-state index in [0.717, 1.165) is 16.8 Å². The van der Waals surface area contributed by atoms with E-state index in [2.05, 4.69) is 10.5 Å². The van der Waals surface area contributed by atoms with E-state index in [4.69, 9.17) is 11.6 Å². The lowest BCUT2D eigenvalue weighted by atomic mass is 10.2. The number of nitrogens with zero attached hydrogens (tertiary/aromatic N) is 1. The van der Waals surface area contributed by atoms with Crippen LogP contribution < -0.4 is 5.43 Å². The van der Waals surface area contributed by atoms with Crippen molar-refractivity contribution in [2.45, 2.75) is 6.92 Å². The van der Waals surface area contributed by atoms with Gasteiger partial charge in [0.25, 0.3) is 0 Å². The summed E-state index contributed by atoms with van der Waals surface area (Å²) in [4.78, 5) is 0. The molecule has 2 rings (SSSR count). The second-order valence-electron chi connectivity index (χ2n) is 3.70. The van der Waals surface area contributed by atoms with Crippen molar-refractivity contribution in [1.82, 2.24) is 0 Å². The van der Waals surface area contributed by atoms with Crippen LogP contribution >= 0.6 is 11.6 Å². The molecule has 2 nitrogen and oxygen atoms in total. The molecule has 0 bridgehead atoms. The van der Waals surface area contributed by atoms with E-state index in [1.54, 1.807) is 0 Å². The van der Waals surface area contributed by atoms with Crippen molar-refractivity contribution >= 4 is 22.5 Å². The number of hydrogen-bond donors (Lipinski definition) is 1. The number of rotatable bonds is 3. The SMILES string of the molecule is Cc1ccccc1NN=C(Cl)c1ccccc1. The fourth-order valence-electron chi connectivity index (χ4n) is 1.45. The number of hydrazone groups is 1. The van der Waals surface area contributed by atoms with Gasteiger partial charge < -0.3 is 0 Å². The van der Waals surface area contributed by atoms with E-state index in [9.17, 15) is 0 Å². The quantitative estimate of drug-likeness (QED) is 0.640. The Morgan fingerprint density at radius 3 is 2.35 bits per heavy atom. The number of halogens is 1. The summed E-state index contributed by atoms with van der Waals surface area (Å²) in [6.45, 7) is 2.02. The largest absolute Gasteiger partial charge is 0.277 e. The van der Waals surface area contributed by atoms with Crippen molar-refractivity contribution < 1.29 is 0 Å². The first-order valence-electron chi connectivity index (χ1n) is 5.37. The molecule has 0 radical (unpaired) electrons. The van der Waals surface area contributed by atoms with E-state index >= 15 is 0 Å². The molecule has 3 heteroatoms. The predicted octanol–water partition coefficient (Wildman–Crippen LogP) is 4.01. The van der Waals surface area contributed by atoms with E-state index in [1.165, 1.54) is 0 Å². The van der Waals surface area contributed by atoms with Crippen LogP contribution in [0.3, 0.4) is 0 Å². The average Bonchev–Trinajstić information content (AvgIpc) is 2.38. The maximum Gasteiger partial charge on any atom is 0.156 e. The van der Waals surface area contributed by atoms with Crippen molar-refractivity contribution in [3.05, 3.63) is 65.7 Å². The van der Waals surface area contributed by atoms with Gasteiger partial charge in [0.2, 0.25) is 0 Å². The molecule has 0 unspecified atom stereocenters. The van der Waals surface area contributed by atoms with Crippen LogP contribution in [0.4, 0.5) is 5.69 Å². The van der Waals surface area contributed by atoms with Gasteiger partial charge in [-0.2, -0.15) is 5.10 Å². The number of nitrogens with one attached hydrogen (secondary N) is 1. The van der Waals surface area contributed by atoms with Crippen LogP contribution in [0.2, 0.25) is 0 Å². The molecule has 0 spiro atoms. The zero-order valence-corrected chi connectivity index (χ0v) is 10.3. The van der Waals surface area contributed by atoms with Gasteiger partial charge in [0.15, 0.2) is 5.17 Å². The fourth-order valence-corrected chi connectivity index (χ4v) is 1.62. The van der Waals surface area contributed by atoms with Crippen LogP contribution in [0, 0.1) is 6.92 Å². The monoisotopic (exact) mass is 244 g/mol. The molecule has 2 aromatic rings. The molecule has 2 aromatic carbocycles. The van der Waals surface area contributed by atoms with Crippen LogP contribution in [0.5, 0.6) is 0 Å². The van der Waals surface area contributed by atoms with Gasteiger partial charge in [-0.15, -0.1) is 0 Å². The predicted molar refractivity (Wildman–Crippen MR) is 73.6 cm³/mol. The summed E-state index contributed by atoms with van der Waals surface area (Å²) in [5.74, 6) is 0. The summed E-state index contributed by atoms with van der Waals surface area (Å²) < 4.78 is 0. The molecule has 0 saturated carbocycles. The molecule has 0 atom stereocenters. The Hall–Kier alpha value is -1.80. The van der Waals surface area contributed by atoms with Crippen molar-refractivity contribution in [1.29, 1.82) is 0 Å². The van der Waals surface area contributed by atoms with Gasteiger partial charge in [0, 0.05) is 5.56 Å². The van der Waals surface area contributed by atoms with E-state index in [1.807, 2.05) is 61.5 Å². The maximum atomic E-state index is 6.10. The zero-order chi connectivity index (χ0) is 12.1. The van der Waals surface area contributed by atoms with Crippen molar-refractivity contribution in [3.63, 3.8) is 0 Å². The number of para-hydroxylation sites is 1. The van der Waals surface area contributed by atoms with E-state index in [-0.39, 0.29) is 0 Å². The van der Waals surface area contributed by atoms with E-state index < -0.39 is 0 Å². The normalized spacial score (nSPS) is 11.3. The van der Waals surface area contributed by atoms with Crippen LogP contribution in [-0.4, -0.2) is 5.17 Å². The second-order valence-corrected chi connectivity index (χ2v) is 4.05. The van der Waals surface area contributed by atoms with E-state index in [0.29, 0.717) is 5.17 Å². The van der Waals surface area contributed by atoms with Gasteiger partial charge in [-0.1, -0.05) is 60.1 Å². The lowest BCUT2D eigenvalue weighted by Crippen LogP contribution is -1.97. The molecule has 0 fully saturated rings. The summed E-state index contributed by atoms with van der Waals surface area (Å²) in [5.41, 5.74) is 5.96. The highest BCUT2D eigenvalue weighted by Gasteiger charge is 1.99. The summed E-state index contributed by atoms with van der Waals surface area (Å²) in [6.07, 6.45) is 0. The highest BCUT2D eigenvalue weighted by atomic mass is 35.5. The minimum absolute atomic E-state index is 0.453. The topological polar surface area (TPSA) is 24.4 Å². The maximum absolute atomic E-state index is 6.10. The minimum Gasteiger partial charge on any atom is -0.277 e. The number of hydrogen-bond acceptors (Lipinski definition) is 2. The smallest absolute Gasteiger partial charge is 0.156 e. The zero-order valence-electron chi connectivity index (χ0n) is 9.52. The molecule has 0 aliphatic carbocycles. The first kappa shape index (κ1) is 11.7. The molecule has 0 aliphatic rings. The highest BCUT2D eigenvalue weighted by Crippen LogP contribution is 2.14. The number of benzene rings is 2. The third-order valence-corrected chi connectivity index (χ3v) is 2.73. The molecular formula is C14H13ClN2. The van der Waals surface area contributed by atoms with Gasteiger partial charge in [-0.25, -0.2) is 0 Å². The lowest BCUT2D eigenvalue weighted by molar-refractivity contribution is 1.31. The Bertz CT molecular complexity index is 521. The Labute approximate surface area is 106 Å². The third-order valence-electron chi connectivity index (χ3n) is 2.43. The molecule has 0 heterocycles. The van der Waals surface area contributed by atoms with Crippen molar-refractivity contribution in [2.75, 3.05) is 5.43 Å². The lowest BCUT2D eigenvalue weighted by Gasteiger charge is -2.04. The molecule has 0 amide bonds. The van der Waals surface area contributed by atoms with Crippen LogP contribution in [0.25, 0.3) is 0 Å². The van der Waals surface area contributed by atoms with Gasteiger partial charge in [-0.3, -0.25) is 5.43 Å². The molecule has 86 valence electrons. The van der Waals surface area contributed by atoms with Crippen LogP contribution in [-0.2, 0) is 0 Å². The van der Waals surface area contributed by atoms with Gasteiger partial charge in [-0.05, 0) is 18.6 Å². The average molecular weight is 245 g/mol. The van der Waals surface area contributed by atoms with Gasteiger partial charge in [0.05, 0.1) is 5.69 Å². The molecule has 17 heavy (non-hydrogen) atoms. The van der Waals surface area contributed by atoms with Crippen LogP contribution in [0.15, 0.2) is 59.7 Å². The van der Waals surface area contributed by atoms with Crippen LogP contribution in [0.1, 0.15) is 11.1 Å². The second kappa shape index (κ2) is 5.51. The molecule has 0 aliphatic heterocycles. The first-order valence-corrected chi connectivity index (χ1v) is 5.75. The standard InChI is InChI=1S/C14H13ClN2/c1-11-7-5-6-10-13(11)16-17-14(15)12-8-3-2-4-9-12/h2-10,16H,1H3. The Morgan fingerprint density at radius 1 is 1.00 bits per heavy atom. The molecule has 0 aromatic heterocycles. The summed E-state index contributed by atoms with van der Waals surface area (Å²) in [6, 6.07) is 17.6. The van der Waals surface area contributed by atoms with Gasteiger partial charge >= 0.3 is 0 Å². The molecule has 0 saturated heterocycles. The fraction of sp³-hybridized carbons (Fsp3) is 0.0714. The van der Waals surface area contributed by atoms with Crippen molar-refractivity contribution in [2.24, 2.45) is 5.10 Å². The minimum atomic E-state index is 0.453. The Morgan fingerprint density at radius 2 is 1.65 bits per heavy atom. The Balaban J connectivity index is 2.14.